The highest BCUT2D eigenvalue weighted by atomic mass is 32.2. The Kier molecular flexibility index (Phi) is 5.95. The van der Waals surface area contributed by atoms with E-state index < -0.39 is 0 Å². The third-order valence-electron chi connectivity index (χ3n) is 3.23. The van der Waals surface area contributed by atoms with Crippen LogP contribution in [0, 0.1) is 25.2 Å². The van der Waals surface area contributed by atoms with E-state index in [-0.39, 0.29) is 22.8 Å². The van der Waals surface area contributed by atoms with Crippen molar-refractivity contribution in [3.05, 3.63) is 40.6 Å². The van der Waals surface area contributed by atoms with Gasteiger partial charge >= 0.3 is 0 Å². The molecule has 24 heavy (non-hydrogen) atoms. The number of Topliss-reactive ketones (excluding diaryl/α,β-unsaturated/α-hetero) is 1. The van der Waals surface area contributed by atoms with Crippen LogP contribution in [0.5, 0.6) is 0 Å². The van der Waals surface area contributed by atoms with Gasteiger partial charge in [0.05, 0.1) is 5.75 Å². The summed E-state index contributed by atoms with van der Waals surface area (Å²) in [5.41, 5.74) is 9.02. The lowest BCUT2D eigenvalue weighted by Gasteiger charge is -2.09. The molecular weight excluding hydrogens is 342 g/mol. The van der Waals surface area contributed by atoms with Gasteiger partial charge < -0.3 is 11.1 Å². The highest BCUT2D eigenvalue weighted by Gasteiger charge is 2.14. The fraction of sp³-hybridized carbons (Fsp3) is 0.250. The number of allylic oxidation sites excluding steroid dienone is 2. The Hall–Kier alpha value is -2.37. The number of aryl methyl sites for hydroxylation is 2. The predicted octanol–water partition coefficient (Wildman–Crippen LogP) is 3.32. The highest BCUT2D eigenvalue weighted by Crippen LogP contribution is 2.30. The number of nitrogens with two attached hydrogens (primary N) is 1. The van der Waals surface area contributed by atoms with Crippen LogP contribution in [0.1, 0.15) is 18.1 Å². The third-order valence-corrected chi connectivity index (χ3v) is 5.20. The SMILES string of the molecule is C/C(N)=C(/C#N)C(=O)CSc1nnc(Nc2c(C)cccc2C)s1. The first kappa shape index (κ1) is 18.0. The Balaban J connectivity index is 2.03. The number of hydrogen-bond donors (Lipinski definition) is 2. The number of nitrogens with one attached hydrogen (secondary N) is 1. The molecule has 0 atom stereocenters. The highest BCUT2D eigenvalue weighted by molar-refractivity contribution is 8.01. The summed E-state index contributed by atoms with van der Waals surface area (Å²) in [6.45, 7) is 5.59. The van der Waals surface area contributed by atoms with Crippen molar-refractivity contribution in [3.8, 4) is 6.07 Å². The van der Waals surface area contributed by atoms with E-state index in [4.69, 9.17) is 11.0 Å². The summed E-state index contributed by atoms with van der Waals surface area (Å²) in [5, 5.41) is 21.0. The van der Waals surface area contributed by atoms with Crippen molar-refractivity contribution in [1.29, 1.82) is 5.26 Å². The molecule has 8 heteroatoms. The van der Waals surface area contributed by atoms with Crippen LogP contribution in [-0.2, 0) is 4.79 Å². The number of carbonyl (C=O) groups is 1. The van der Waals surface area contributed by atoms with Crippen molar-refractivity contribution in [2.45, 2.75) is 25.1 Å². The maximum absolute atomic E-state index is 11.9. The molecule has 2 aromatic rings. The fourth-order valence-electron chi connectivity index (χ4n) is 2.01. The summed E-state index contributed by atoms with van der Waals surface area (Å²) in [7, 11) is 0. The lowest BCUT2D eigenvalue weighted by Crippen LogP contribution is -2.10. The summed E-state index contributed by atoms with van der Waals surface area (Å²) < 4.78 is 0.657. The molecule has 0 aliphatic rings. The van der Waals surface area contributed by atoms with Gasteiger partial charge in [-0.15, -0.1) is 10.2 Å². The molecular formula is C16H17N5OS2. The fourth-order valence-corrected chi connectivity index (χ4v) is 3.64. The van der Waals surface area contributed by atoms with Crippen molar-refractivity contribution in [2.75, 3.05) is 11.1 Å². The van der Waals surface area contributed by atoms with Gasteiger partial charge in [-0.3, -0.25) is 4.79 Å². The zero-order valence-corrected chi connectivity index (χ0v) is 15.2. The van der Waals surface area contributed by atoms with E-state index in [0.717, 1.165) is 16.8 Å². The predicted molar refractivity (Wildman–Crippen MR) is 97.3 cm³/mol. The normalized spacial score (nSPS) is 11.6. The number of nitrogens with zero attached hydrogens (tertiary/aromatic N) is 3. The van der Waals surface area contributed by atoms with Crippen LogP contribution in [0.15, 0.2) is 33.8 Å². The maximum atomic E-state index is 11.9. The molecule has 0 radical (unpaired) electrons. The van der Waals surface area contributed by atoms with Crippen molar-refractivity contribution >= 4 is 39.7 Å². The number of nitriles is 1. The van der Waals surface area contributed by atoms with E-state index in [1.165, 1.54) is 23.1 Å². The summed E-state index contributed by atoms with van der Waals surface area (Å²) in [6.07, 6.45) is 0. The second-order valence-corrected chi connectivity index (χ2v) is 7.35. The van der Waals surface area contributed by atoms with Gasteiger partial charge in [-0.25, -0.2) is 0 Å². The minimum atomic E-state index is -0.304. The molecule has 0 saturated carbocycles. The number of hydrogen-bond acceptors (Lipinski definition) is 8. The van der Waals surface area contributed by atoms with Gasteiger partial charge in [0, 0.05) is 11.4 Å². The van der Waals surface area contributed by atoms with Gasteiger partial charge in [0.25, 0.3) is 0 Å². The maximum Gasteiger partial charge on any atom is 0.210 e. The van der Waals surface area contributed by atoms with Crippen molar-refractivity contribution in [3.63, 3.8) is 0 Å². The molecule has 0 aliphatic carbocycles. The molecule has 0 spiro atoms. The minimum absolute atomic E-state index is 0.000832. The lowest BCUT2D eigenvalue weighted by atomic mass is 10.1. The molecule has 0 saturated heterocycles. The molecule has 1 aromatic carbocycles. The molecule has 2 rings (SSSR count). The standard InChI is InChI=1S/C16H17N5OS2/c1-9-5-4-6-10(2)14(9)19-15-20-21-16(24-15)23-8-13(22)12(7-17)11(3)18/h4-6H,8,18H2,1-3H3,(H,19,20)/b12-11+. The van der Waals surface area contributed by atoms with Gasteiger partial charge in [-0.05, 0) is 31.9 Å². The molecule has 0 aliphatic heterocycles. The Morgan fingerprint density at radius 3 is 2.62 bits per heavy atom. The molecule has 0 fully saturated rings. The van der Waals surface area contributed by atoms with E-state index in [1.807, 2.05) is 38.1 Å². The number of para-hydroxylation sites is 1. The van der Waals surface area contributed by atoms with E-state index in [1.54, 1.807) is 6.92 Å². The summed E-state index contributed by atoms with van der Waals surface area (Å²) >= 11 is 2.61. The Bertz CT molecular complexity index is 811. The van der Waals surface area contributed by atoms with E-state index >= 15 is 0 Å². The topological polar surface area (TPSA) is 105 Å². The van der Waals surface area contributed by atoms with Gasteiger partial charge in [0.1, 0.15) is 11.6 Å². The first-order chi connectivity index (χ1) is 11.4. The number of aromatic nitrogens is 2. The zero-order valence-electron chi connectivity index (χ0n) is 13.6. The summed E-state index contributed by atoms with van der Waals surface area (Å²) in [6, 6.07) is 7.88. The van der Waals surface area contributed by atoms with Crippen LogP contribution >= 0.6 is 23.1 Å². The first-order valence-electron chi connectivity index (χ1n) is 7.11. The molecule has 0 bridgehead atoms. The van der Waals surface area contributed by atoms with Crippen molar-refractivity contribution < 1.29 is 4.79 Å². The Morgan fingerprint density at radius 2 is 2.04 bits per heavy atom. The van der Waals surface area contributed by atoms with Crippen LogP contribution in [0.25, 0.3) is 0 Å². The number of ketones is 1. The van der Waals surface area contributed by atoms with Crippen molar-refractivity contribution in [1.82, 2.24) is 10.2 Å². The monoisotopic (exact) mass is 359 g/mol. The van der Waals surface area contributed by atoms with E-state index in [0.29, 0.717) is 9.47 Å². The second-order valence-electron chi connectivity index (χ2n) is 5.15. The Labute approximate surface area is 148 Å². The lowest BCUT2D eigenvalue weighted by molar-refractivity contribution is -0.112. The molecule has 0 amide bonds. The molecule has 1 aromatic heterocycles. The second kappa shape index (κ2) is 7.95. The van der Waals surface area contributed by atoms with Crippen LogP contribution in [0.4, 0.5) is 10.8 Å². The molecule has 1 heterocycles. The Morgan fingerprint density at radius 1 is 1.38 bits per heavy atom. The van der Waals surface area contributed by atoms with E-state index in [9.17, 15) is 4.79 Å². The molecule has 0 unspecified atom stereocenters. The number of rotatable bonds is 6. The average Bonchev–Trinajstić information content (AvgIpc) is 2.97. The van der Waals surface area contributed by atoms with Crippen LogP contribution in [0.3, 0.4) is 0 Å². The number of thioether (sulfide) groups is 1. The first-order valence-corrected chi connectivity index (χ1v) is 8.91. The third kappa shape index (κ3) is 4.34. The average molecular weight is 359 g/mol. The minimum Gasteiger partial charge on any atom is -0.401 e. The molecule has 6 nitrogen and oxygen atoms in total. The largest absolute Gasteiger partial charge is 0.401 e. The van der Waals surface area contributed by atoms with Gasteiger partial charge in [0.2, 0.25) is 5.13 Å². The number of anilines is 2. The quantitative estimate of drug-likeness (QED) is 0.463. The number of carbonyl (C=O) groups excluding carboxylic acids is 1. The van der Waals surface area contributed by atoms with Crippen LogP contribution < -0.4 is 11.1 Å². The van der Waals surface area contributed by atoms with Crippen LogP contribution in [-0.4, -0.2) is 21.7 Å². The van der Waals surface area contributed by atoms with Gasteiger partial charge in [-0.2, -0.15) is 5.26 Å². The molecule has 124 valence electrons. The zero-order chi connectivity index (χ0) is 17.7. The van der Waals surface area contributed by atoms with Crippen molar-refractivity contribution in [2.24, 2.45) is 5.73 Å². The van der Waals surface area contributed by atoms with Crippen LogP contribution in [0.2, 0.25) is 0 Å². The van der Waals surface area contributed by atoms with E-state index in [2.05, 4.69) is 15.5 Å². The van der Waals surface area contributed by atoms with Gasteiger partial charge in [0.15, 0.2) is 10.1 Å². The summed E-state index contributed by atoms with van der Waals surface area (Å²) in [4.78, 5) is 11.9. The smallest absolute Gasteiger partial charge is 0.210 e. The summed E-state index contributed by atoms with van der Waals surface area (Å²) in [5.74, 6) is -0.197. The molecule has 3 N–H and O–H groups in total. The van der Waals surface area contributed by atoms with Gasteiger partial charge in [-0.1, -0.05) is 41.3 Å². The number of benzene rings is 1.